The summed E-state index contributed by atoms with van der Waals surface area (Å²) in [6.45, 7) is 7.79. The van der Waals surface area contributed by atoms with Gasteiger partial charge in [0.25, 0.3) is 11.8 Å². The first kappa shape index (κ1) is 33.5. The van der Waals surface area contributed by atoms with E-state index in [2.05, 4.69) is 31.5 Å². The molecule has 0 unspecified atom stereocenters. The molecule has 1 aliphatic rings. The summed E-state index contributed by atoms with van der Waals surface area (Å²) in [4.78, 5) is 59.5. The Bertz CT molecular complexity index is 1610. The summed E-state index contributed by atoms with van der Waals surface area (Å²) >= 11 is 4.68. The Kier molecular flexibility index (Phi) is 10.8. The standard InChI is InChI=1S/C31H34BrN5O7S/c1-31(2,3)44-30(42)37-12-10-36(11-13-37)29-34-18-22(45-29)16-25(28(41)43-4)35-27(40)23-9-8-20(15-24(23)32)26(39)33-17-19-6-5-7-21(38)14-19/h5-9,14-16,18,38H,10-13,17H2,1-4H3,(H,33,39)(H,35,40). The van der Waals surface area contributed by atoms with E-state index < -0.39 is 17.5 Å². The smallest absolute Gasteiger partial charge is 0.410 e. The molecule has 0 aliphatic carbocycles. The first-order valence-corrected chi connectivity index (χ1v) is 15.6. The molecule has 1 aliphatic heterocycles. The molecule has 14 heteroatoms. The molecule has 0 saturated carbocycles. The predicted octanol–water partition coefficient (Wildman–Crippen LogP) is 4.54. The number of aromatic hydroxyl groups is 1. The Labute approximate surface area is 273 Å². The van der Waals surface area contributed by atoms with Crippen molar-refractivity contribution in [1.82, 2.24) is 20.5 Å². The van der Waals surface area contributed by atoms with Crippen molar-refractivity contribution >= 4 is 62.4 Å². The van der Waals surface area contributed by atoms with Crippen LogP contribution < -0.4 is 15.5 Å². The lowest BCUT2D eigenvalue weighted by Crippen LogP contribution is -2.50. The number of carbonyl (C=O) groups is 4. The zero-order chi connectivity index (χ0) is 32.7. The van der Waals surface area contributed by atoms with Gasteiger partial charge < -0.3 is 35.0 Å². The molecule has 2 aromatic carbocycles. The van der Waals surface area contributed by atoms with Gasteiger partial charge in [-0.05, 0) is 78.7 Å². The average molecular weight is 701 g/mol. The van der Waals surface area contributed by atoms with E-state index in [0.29, 0.717) is 46.2 Å². The molecule has 45 heavy (non-hydrogen) atoms. The van der Waals surface area contributed by atoms with E-state index >= 15 is 0 Å². The number of nitrogens with zero attached hydrogens (tertiary/aromatic N) is 3. The van der Waals surface area contributed by atoms with E-state index in [4.69, 9.17) is 9.47 Å². The lowest BCUT2D eigenvalue weighted by atomic mass is 10.1. The minimum absolute atomic E-state index is 0.0905. The molecule has 12 nitrogen and oxygen atoms in total. The quantitative estimate of drug-likeness (QED) is 0.227. The second-order valence-corrected chi connectivity index (χ2v) is 12.9. The Morgan fingerprint density at radius 3 is 2.44 bits per heavy atom. The number of hydrogen-bond acceptors (Lipinski definition) is 10. The van der Waals surface area contributed by atoms with Crippen LogP contribution in [-0.4, -0.2) is 77.8 Å². The molecular weight excluding hydrogens is 666 g/mol. The van der Waals surface area contributed by atoms with Crippen molar-refractivity contribution < 1.29 is 33.8 Å². The van der Waals surface area contributed by atoms with Gasteiger partial charge >= 0.3 is 12.1 Å². The number of aromatic nitrogens is 1. The summed E-state index contributed by atoms with van der Waals surface area (Å²) in [5.74, 6) is -1.60. The Hall–Kier alpha value is -4.43. The summed E-state index contributed by atoms with van der Waals surface area (Å²) in [5, 5.41) is 15.7. The van der Waals surface area contributed by atoms with Gasteiger partial charge in [-0.2, -0.15) is 0 Å². The van der Waals surface area contributed by atoms with Gasteiger partial charge in [0.1, 0.15) is 17.0 Å². The van der Waals surface area contributed by atoms with Crippen molar-refractivity contribution in [3.63, 3.8) is 0 Å². The zero-order valence-corrected chi connectivity index (χ0v) is 27.7. The molecule has 0 bridgehead atoms. The molecule has 0 radical (unpaired) electrons. The molecule has 4 rings (SSSR count). The van der Waals surface area contributed by atoms with Gasteiger partial charge in [0, 0.05) is 49.0 Å². The Balaban J connectivity index is 1.39. The van der Waals surface area contributed by atoms with Crippen LogP contribution in [0.15, 0.2) is 58.8 Å². The molecule has 0 spiro atoms. The van der Waals surface area contributed by atoms with Crippen molar-refractivity contribution in [3.8, 4) is 5.75 Å². The maximum absolute atomic E-state index is 13.2. The van der Waals surface area contributed by atoms with E-state index in [1.807, 2.05) is 25.7 Å². The van der Waals surface area contributed by atoms with Gasteiger partial charge in [0.05, 0.1) is 17.6 Å². The van der Waals surface area contributed by atoms with E-state index in [1.54, 1.807) is 35.4 Å². The fourth-order valence-electron chi connectivity index (χ4n) is 4.28. The normalized spacial score (nSPS) is 13.7. The zero-order valence-electron chi connectivity index (χ0n) is 25.3. The number of halogens is 1. The summed E-state index contributed by atoms with van der Waals surface area (Å²) in [6.07, 6.45) is 2.73. The van der Waals surface area contributed by atoms with E-state index in [0.717, 1.165) is 5.56 Å². The highest BCUT2D eigenvalue weighted by Gasteiger charge is 2.27. The number of hydrogen-bond donors (Lipinski definition) is 3. The number of esters is 1. The lowest BCUT2D eigenvalue weighted by molar-refractivity contribution is -0.136. The van der Waals surface area contributed by atoms with Crippen LogP contribution in [0.25, 0.3) is 6.08 Å². The maximum Gasteiger partial charge on any atom is 0.410 e. The third-order valence-corrected chi connectivity index (χ3v) is 8.15. The largest absolute Gasteiger partial charge is 0.508 e. The SMILES string of the molecule is COC(=O)C(=Cc1cnc(N2CCN(C(=O)OC(C)(C)C)CC2)s1)NC(=O)c1ccc(C(=O)NCc2cccc(O)c2)cc1Br. The summed E-state index contributed by atoms with van der Waals surface area (Å²) in [6, 6.07) is 11.0. The fraction of sp³-hybridized carbons (Fsp3) is 0.323. The fourth-order valence-corrected chi connectivity index (χ4v) is 5.74. The van der Waals surface area contributed by atoms with Crippen molar-refractivity contribution in [2.24, 2.45) is 0 Å². The number of piperazine rings is 1. The monoisotopic (exact) mass is 699 g/mol. The van der Waals surface area contributed by atoms with Crippen LogP contribution in [0.1, 0.15) is 51.9 Å². The first-order chi connectivity index (χ1) is 21.3. The second kappa shape index (κ2) is 14.6. The third-order valence-electron chi connectivity index (χ3n) is 6.49. The first-order valence-electron chi connectivity index (χ1n) is 14.0. The highest BCUT2D eigenvalue weighted by Crippen LogP contribution is 2.26. The number of carbonyl (C=O) groups excluding carboxylic acids is 4. The number of nitrogens with one attached hydrogen (secondary N) is 2. The van der Waals surface area contributed by atoms with Crippen molar-refractivity contribution in [3.05, 3.63) is 80.4 Å². The molecule has 1 fully saturated rings. The summed E-state index contributed by atoms with van der Waals surface area (Å²) < 4.78 is 10.7. The van der Waals surface area contributed by atoms with Crippen LogP contribution in [-0.2, 0) is 20.8 Å². The number of ether oxygens (including phenoxy) is 2. The van der Waals surface area contributed by atoms with Gasteiger partial charge in [-0.25, -0.2) is 14.6 Å². The van der Waals surface area contributed by atoms with Crippen LogP contribution in [0.4, 0.5) is 9.93 Å². The predicted molar refractivity (Wildman–Crippen MR) is 173 cm³/mol. The van der Waals surface area contributed by atoms with E-state index in [1.165, 1.54) is 42.7 Å². The number of anilines is 1. The summed E-state index contributed by atoms with van der Waals surface area (Å²) in [7, 11) is 1.21. The van der Waals surface area contributed by atoms with Gasteiger partial charge in [-0.3, -0.25) is 9.59 Å². The summed E-state index contributed by atoms with van der Waals surface area (Å²) in [5.41, 5.74) is 0.582. The highest BCUT2D eigenvalue weighted by molar-refractivity contribution is 9.10. The minimum atomic E-state index is -0.747. The van der Waals surface area contributed by atoms with Crippen LogP contribution in [0.5, 0.6) is 5.75 Å². The van der Waals surface area contributed by atoms with Crippen LogP contribution >= 0.6 is 27.3 Å². The topological polar surface area (TPSA) is 150 Å². The van der Waals surface area contributed by atoms with Crippen molar-refractivity contribution in [1.29, 1.82) is 0 Å². The van der Waals surface area contributed by atoms with E-state index in [-0.39, 0.29) is 35.6 Å². The third kappa shape index (κ3) is 9.28. The minimum Gasteiger partial charge on any atom is -0.508 e. The lowest BCUT2D eigenvalue weighted by Gasteiger charge is -2.35. The number of phenolic OH excluding ortho intramolecular Hbond substituents is 1. The average Bonchev–Trinajstić information content (AvgIpc) is 3.46. The van der Waals surface area contributed by atoms with E-state index in [9.17, 15) is 24.3 Å². The van der Waals surface area contributed by atoms with Crippen LogP contribution in [0, 0.1) is 0 Å². The van der Waals surface area contributed by atoms with Gasteiger partial charge in [0.2, 0.25) is 0 Å². The van der Waals surface area contributed by atoms with Gasteiger partial charge in [0.15, 0.2) is 5.13 Å². The Morgan fingerprint density at radius 2 is 1.80 bits per heavy atom. The van der Waals surface area contributed by atoms with Crippen LogP contribution in [0.3, 0.4) is 0 Å². The van der Waals surface area contributed by atoms with Crippen molar-refractivity contribution in [2.45, 2.75) is 32.9 Å². The molecule has 3 amide bonds. The molecular formula is C31H34BrN5O7S. The maximum atomic E-state index is 13.2. The highest BCUT2D eigenvalue weighted by atomic mass is 79.9. The molecule has 238 valence electrons. The number of amides is 3. The number of rotatable bonds is 8. The molecule has 3 N–H and O–H groups in total. The number of benzene rings is 2. The van der Waals surface area contributed by atoms with Crippen LogP contribution in [0.2, 0.25) is 0 Å². The Morgan fingerprint density at radius 1 is 1.07 bits per heavy atom. The van der Waals surface area contributed by atoms with Crippen molar-refractivity contribution in [2.75, 3.05) is 38.2 Å². The number of thiazole rings is 1. The molecule has 1 aromatic heterocycles. The van der Waals surface area contributed by atoms with Gasteiger partial charge in [-0.1, -0.05) is 23.5 Å². The number of methoxy groups -OCH3 is 1. The molecule has 0 atom stereocenters. The molecule has 1 saturated heterocycles. The second-order valence-electron chi connectivity index (χ2n) is 11.1. The number of phenols is 1. The molecule has 3 aromatic rings. The molecule has 2 heterocycles. The van der Waals surface area contributed by atoms with Gasteiger partial charge in [-0.15, -0.1) is 0 Å².